The van der Waals surface area contributed by atoms with Gasteiger partial charge >= 0.3 is 6.09 Å². The number of nitrogens with zero attached hydrogens (tertiary/aromatic N) is 2. The van der Waals surface area contributed by atoms with E-state index in [9.17, 15) is 19.5 Å². The van der Waals surface area contributed by atoms with Gasteiger partial charge in [0.25, 0.3) is 0 Å². The first-order valence-electron chi connectivity index (χ1n) is 12.2. The van der Waals surface area contributed by atoms with Crippen molar-refractivity contribution in [3.05, 3.63) is 59.2 Å². The summed E-state index contributed by atoms with van der Waals surface area (Å²) in [7, 11) is 0. The maximum absolute atomic E-state index is 12.8. The second kappa shape index (κ2) is 11.4. The van der Waals surface area contributed by atoms with Crippen LogP contribution in [0.15, 0.2) is 42.5 Å². The van der Waals surface area contributed by atoms with E-state index in [1.165, 1.54) is 0 Å². The number of rotatable bonds is 9. The molecule has 2 amide bonds. The monoisotopic (exact) mass is 480 g/mol. The molecule has 7 nitrogen and oxygen atoms in total. The molecule has 0 aliphatic carbocycles. The Hall–Kier alpha value is -3.35. The quantitative estimate of drug-likeness (QED) is 0.397. The van der Waals surface area contributed by atoms with E-state index in [1.807, 2.05) is 45.0 Å². The number of ether oxygens (including phenoxy) is 1. The molecule has 0 unspecified atom stereocenters. The smallest absolute Gasteiger partial charge is 0.410 e. The molecule has 0 aromatic heterocycles. The second-order valence-electron chi connectivity index (χ2n) is 9.99. The van der Waals surface area contributed by atoms with Gasteiger partial charge in [-0.05, 0) is 81.8 Å². The third kappa shape index (κ3) is 7.31. The van der Waals surface area contributed by atoms with E-state index in [4.69, 9.17) is 4.74 Å². The van der Waals surface area contributed by atoms with Crippen LogP contribution in [-0.2, 0) is 22.4 Å². The number of amides is 2. The van der Waals surface area contributed by atoms with Crippen molar-refractivity contribution >= 4 is 23.5 Å². The van der Waals surface area contributed by atoms with E-state index in [1.54, 1.807) is 34.9 Å². The number of benzene rings is 2. The Morgan fingerprint density at radius 2 is 1.80 bits per heavy atom. The molecule has 1 N–H and O–H groups in total. The van der Waals surface area contributed by atoms with Gasteiger partial charge in [0.2, 0.25) is 5.91 Å². The van der Waals surface area contributed by atoms with Gasteiger partial charge in [0.05, 0.1) is 0 Å². The first kappa shape index (κ1) is 26.3. The average molecular weight is 481 g/mol. The topological polar surface area (TPSA) is 87.2 Å². The van der Waals surface area contributed by atoms with Gasteiger partial charge in [-0.25, -0.2) is 4.79 Å². The standard InChI is InChI=1S/C28H36N2O5/c1-20(31)30-18-15-22-19-23(12-13-24(22)30)26(33)11-7-8-16-29(27(34)35-28(2,3)4)17-14-21-9-5-6-10-25(21)32/h5-6,9-10,12-13,19,32H,7-8,11,14-18H2,1-4H3. The van der Waals surface area contributed by atoms with Gasteiger partial charge in [-0.1, -0.05) is 18.2 Å². The fourth-order valence-electron chi connectivity index (χ4n) is 4.23. The first-order valence-corrected chi connectivity index (χ1v) is 12.2. The summed E-state index contributed by atoms with van der Waals surface area (Å²) >= 11 is 0. The van der Waals surface area contributed by atoms with Crippen molar-refractivity contribution < 1.29 is 24.2 Å². The number of phenolic OH excluding ortho intramolecular Hbond substituents is 1. The van der Waals surface area contributed by atoms with Crippen LogP contribution in [0.4, 0.5) is 10.5 Å². The molecule has 0 saturated heterocycles. The summed E-state index contributed by atoms with van der Waals surface area (Å²) < 4.78 is 5.56. The van der Waals surface area contributed by atoms with Crippen LogP contribution in [0.25, 0.3) is 0 Å². The number of ketones is 1. The van der Waals surface area contributed by atoms with E-state index in [-0.39, 0.29) is 17.4 Å². The lowest BCUT2D eigenvalue weighted by atomic mass is 10.0. The first-order chi connectivity index (χ1) is 16.5. The van der Waals surface area contributed by atoms with E-state index >= 15 is 0 Å². The van der Waals surface area contributed by atoms with Crippen molar-refractivity contribution in [3.8, 4) is 5.75 Å². The molecule has 0 fully saturated rings. The normalized spacial score (nSPS) is 12.9. The van der Waals surface area contributed by atoms with E-state index < -0.39 is 11.7 Å². The number of anilines is 1. The molecule has 1 heterocycles. The molecule has 2 aromatic rings. The van der Waals surface area contributed by atoms with Crippen molar-refractivity contribution in [1.82, 2.24) is 4.90 Å². The molecular weight excluding hydrogens is 444 g/mol. The van der Waals surface area contributed by atoms with Gasteiger partial charge in [0.15, 0.2) is 5.78 Å². The molecular formula is C28H36N2O5. The van der Waals surface area contributed by atoms with Crippen LogP contribution in [0.2, 0.25) is 0 Å². The summed E-state index contributed by atoms with van der Waals surface area (Å²) in [5, 5.41) is 10.0. The molecule has 3 rings (SSSR count). The van der Waals surface area contributed by atoms with Crippen LogP contribution in [-0.4, -0.2) is 53.0 Å². The summed E-state index contributed by atoms with van der Waals surface area (Å²) in [6.45, 7) is 8.58. The lowest BCUT2D eigenvalue weighted by Gasteiger charge is -2.27. The van der Waals surface area contributed by atoms with Crippen LogP contribution >= 0.6 is 0 Å². The molecule has 188 valence electrons. The number of fused-ring (bicyclic) bond motifs is 1. The number of unbranched alkanes of at least 4 members (excludes halogenated alkanes) is 1. The molecule has 7 heteroatoms. The second-order valence-corrected chi connectivity index (χ2v) is 9.99. The number of carbonyl (C=O) groups is 3. The Kier molecular flexibility index (Phi) is 8.54. The maximum Gasteiger partial charge on any atom is 0.410 e. The van der Waals surface area contributed by atoms with Gasteiger partial charge in [0.1, 0.15) is 11.4 Å². The van der Waals surface area contributed by atoms with E-state index in [2.05, 4.69) is 0 Å². The molecule has 1 aliphatic rings. The fraction of sp³-hybridized carbons (Fsp3) is 0.464. The average Bonchev–Trinajstić information content (AvgIpc) is 3.22. The predicted octanol–water partition coefficient (Wildman–Crippen LogP) is 5.13. The van der Waals surface area contributed by atoms with E-state index in [0.717, 1.165) is 23.2 Å². The summed E-state index contributed by atoms with van der Waals surface area (Å²) in [5.74, 6) is 0.287. The highest BCUT2D eigenvalue weighted by atomic mass is 16.6. The van der Waals surface area contributed by atoms with Crippen LogP contribution < -0.4 is 4.90 Å². The van der Waals surface area contributed by atoms with Crippen molar-refractivity contribution in [2.75, 3.05) is 24.5 Å². The molecule has 2 aromatic carbocycles. The Morgan fingerprint density at radius 3 is 2.49 bits per heavy atom. The van der Waals surface area contributed by atoms with Gasteiger partial charge < -0.3 is 19.6 Å². The fourth-order valence-corrected chi connectivity index (χ4v) is 4.23. The Balaban J connectivity index is 1.54. The molecule has 1 aliphatic heterocycles. The van der Waals surface area contributed by atoms with Crippen LogP contribution in [0.5, 0.6) is 5.75 Å². The lowest BCUT2D eigenvalue weighted by Crippen LogP contribution is -2.38. The predicted molar refractivity (Wildman–Crippen MR) is 136 cm³/mol. The number of para-hydroxylation sites is 1. The minimum absolute atomic E-state index is 0.0137. The summed E-state index contributed by atoms with van der Waals surface area (Å²) in [6, 6.07) is 12.7. The zero-order chi connectivity index (χ0) is 25.6. The van der Waals surface area contributed by atoms with Gasteiger partial charge in [-0.15, -0.1) is 0 Å². The Labute approximate surface area is 207 Å². The largest absolute Gasteiger partial charge is 0.508 e. The Bertz CT molecular complexity index is 1070. The number of hydrogen-bond donors (Lipinski definition) is 1. The highest BCUT2D eigenvalue weighted by Gasteiger charge is 2.24. The minimum Gasteiger partial charge on any atom is -0.508 e. The number of phenols is 1. The van der Waals surface area contributed by atoms with Crippen molar-refractivity contribution in [3.63, 3.8) is 0 Å². The van der Waals surface area contributed by atoms with Crippen molar-refractivity contribution in [2.24, 2.45) is 0 Å². The van der Waals surface area contributed by atoms with Crippen LogP contribution in [0, 0.1) is 0 Å². The molecule has 0 saturated carbocycles. The number of Topliss-reactive ketones (excluding diaryl/α,β-unsaturated/α-hetero) is 1. The van der Waals surface area contributed by atoms with Gasteiger partial charge in [0, 0.05) is 44.2 Å². The summed E-state index contributed by atoms with van der Waals surface area (Å²) in [6.07, 6.45) is 2.57. The highest BCUT2D eigenvalue weighted by molar-refractivity contribution is 5.98. The van der Waals surface area contributed by atoms with Crippen LogP contribution in [0.1, 0.15) is 68.4 Å². The number of aromatic hydroxyl groups is 1. The zero-order valence-corrected chi connectivity index (χ0v) is 21.2. The number of carbonyl (C=O) groups excluding carboxylic acids is 3. The maximum atomic E-state index is 12.8. The van der Waals surface area contributed by atoms with Gasteiger partial charge in [-0.2, -0.15) is 0 Å². The molecule has 0 bridgehead atoms. The summed E-state index contributed by atoms with van der Waals surface area (Å²) in [4.78, 5) is 40.6. The third-order valence-electron chi connectivity index (χ3n) is 6.05. The third-order valence-corrected chi connectivity index (χ3v) is 6.05. The van der Waals surface area contributed by atoms with Crippen LogP contribution in [0.3, 0.4) is 0 Å². The lowest BCUT2D eigenvalue weighted by molar-refractivity contribution is -0.116. The molecule has 0 spiro atoms. The highest BCUT2D eigenvalue weighted by Crippen LogP contribution is 2.29. The zero-order valence-electron chi connectivity index (χ0n) is 21.2. The van der Waals surface area contributed by atoms with Crippen molar-refractivity contribution in [1.29, 1.82) is 0 Å². The van der Waals surface area contributed by atoms with Gasteiger partial charge in [-0.3, -0.25) is 9.59 Å². The van der Waals surface area contributed by atoms with Crippen molar-refractivity contribution in [2.45, 2.75) is 65.4 Å². The summed E-state index contributed by atoms with van der Waals surface area (Å²) in [5.41, 5.74) is 2.76. The molecule has 35 heavy (non-hydrogen) atoms. The molecule has 0 radical (unpaired) electrons. The molecule has 0 atom stereocenters. The number of hydrogen-bond acceptors (Lipinski definition) is 5. The SMILES string of the molecule is CC(=O)N1CCc2cc(C(=O)CCCCN(CCc3ccccc3O)C(=O)OC(C)(C)C)ccc21. The Morgan fingerprint density at radius 1 is 1.06 bits per heavy atom. The minimum atomic E-state index is -0.605. The van der Waals surface area contributed by atoms with E-state index in [0.29, 0.717) is 50.9 Å².